The fraction of sp³-hybridized carbons (Fsp3) is 0.867. The standard InChI is InChI=1S/C15H26N2O4/c1-9(2)11-5-3-4-6-12(11)16-15(21)17-8-10(18)7-13(17)14(19)20/h9-13,18H,3-8H2,1-2H3,(H,16,21)(H,19,20)/t10-,11?,12?,13-/m1/s1. The maximum atomic E-state index is 12.4. The van der Waals surface area contributed by atoms with Crippen LogP contribution in [0.4, 0.5) is 4.79 Å². The summed E-state index contributed by atoms with van der Waals surface area (Å²) >= 11 is 0. The van der Waals surface area contributed by atoms with Crippen molar-refractivity contribution in [3.63, 3.8) is 0 Å². The van der Waals surface area contributed by atoms with Crippen LogP contribution in [-0.2, 0) is 4.79 Å². The molecule has 0 aromatic carbocycles. The molecule has 0 aromatic rings. The van der Waals surface area contributed by atoms with Crippen LogP contribution in [0, 0.1) is 11.8 Å². The zero-order valence-corrected chi connectivity index (χ0v) is 12.8. The largest absolute Gasteiger partial charge is 0.480 e. The van der Waals surface area contributed by atoms with Gasteiger partial charge in [-0.3, -0.25) is 0 Å². The van der Waals surface area contributed by atoms with Gasteiger partial charge in [0.05, 0.1) is 6.10 Å². The monoisotopic (exact) mass is 298 g/mol. The Morgan fingerprint density at radius 1 is 1.24 bits per heavy atom. The number of β-amino-alcohol motifs (C(OH)–C–C–N with tert-alkyl or cyclic N) is 1. The van der Waals surface area contributed by atoms with E-state index >= 15 is 0 Å². The Morgan fingerprint density at radius 3 is 2.52 bits per heavy atom. The van der Waals surface area contributed by atoms with E-state index in [0.29, 0.717) is 11.8 Å². The van der Waals surface area contributed by atoms with E-state index in [1.165, 1.54) is 11.3 Å². The van der Waals surface area contributed by atoms with Crippen molar-refractivity contribution in [2.24, 2.45) is 11.8 Å². The molecule has 3 N–H and O–H groups in total. The third-order valence-corrected chi connectivity index (χ3v) is 4.81. The lowest BCUT2D eigenvalue weighted by Gasteiger charge is -2.36. The Bertz CT molecular complexity index is 399. The molecule has 1 saturated carbocycles. The first kappa shape index (κ1) is 16.1. The molecule has 1 aliphatic heterocycles. The van der Waals surface area contributed by atoms with Crippen LogP contribution >= 0.6 is 0 Å². The highest BCUT2D eigenvalue weighted by atomic mass is 16.4. The van der Waals surface area contributed by atoms with Crippen LogP contribution in [-0.4, -0.2) is 51.8 Å². The summed E-state index contributed by atoms with van der Waals surface area (Å²) in [7, 11) is 0. The van der Waals surface area contributed by atoms with Crippen molar-refractivity contribution < 1.29 is 19.8 Å². The molecule has 6 nitrogen and oxygen atoms in total. The van der Waals surface area contributed by atoms with Crippen LogP contribution in [0.25, 0.3) is 0 Å². The van der Waals surface area contributed by atoms with Gasteiger partial charge in [-0.2, -0.15) is 0 Å². The van der Waals surface area contributed by atoms with Crippen molar-refractivity contribution in [1.29, 1.82) is 0 Å². The molecule has 4 atom stereocenters. The lowest BCUT2D eigenvalue weighted by molar-refractivity contribution is -0.141. The van der Waals surface area contributed by atoms with Gasteiger partial charge in [0.2, 0.25) is 0 Å². The number of aliphatic hydroxyl groups excluding tert-OH is 1. The Morgan fingerprint density at radius 2 is 1.90 bits per heavy atom. The molecule has 2 amide bonds. The number of carboxylic acid groups (broad SMARTS) is 1. The summed E-state index contributed by atoms with van der Waals surface area (Å²) in [6.45, 7) is 4.42. The fourth-order valence-electron chi connectivity index (χ4n) is 3.65. The normalized spacial score (nSPS) is 33.2. The number of hydrogen-bond donors (Lipinski definition) is 3. The Balaban J connectivity index is 2.01. The molecule has 2 unspecified atom stereocenters. The Labute approximate surface area is 125 Å². The summed E-state index contributed by atoms with van der Waals surface area (Å²) in [6.07, 6.45) is 3.70. The molecular weight excluding hydrogens is 272 g/mol. The Hall–Kier alpha value is -1.30. The van der Waals surface area contributed by atoms with Crippen molar-refractivity contribution in [1.82, 2.24) is 10.2 Å². The van der Waals surface area contributed by atoms with Crippen LogP contribution in [0.1, 0.15) is 46.0 Å². The molecular formula is C15H26N2O4. The van der Waals surface area contributed by atoms with Crippen molar-refractivity contribution in [2.45, 2.75) is 64.1 Å². The number of carbonyl (C=O) groups is 2. The van der Waals surface area contributed by atoms with E-state index in [0.717, 1.165) is 19.3 Å². The molecule has 0 spiro atoms. The van der Waals surface area contributed by atoms with Crippen LogP contribution in [0.5, 0.6) is 0 Å². The predicted molar refractivity (Wildman–Crippen MR) is 77.9 cm³/mol. The van der Waals surface area contributed by atoms with Gasteiger partial charge in [-0.05, 0) is 24.7 Å². The van der Waals surface area contributed by atoms with Crippen molar-refractivity contribution >= 4 is 12.0 Å². The second-order valence-electron chi connectivity index (χ2n) is 6.64. The number of carboxylic acids is 1. The van der Waals surface area contributed by atoms with Crippen LogP contribution in [0.2, 0.25) is 0 Å². The van der Waals surface area contributed by atoms with Gasteiger partial charge < -0.3 is 20.4 Å². The van der Waals surface area contributed by atoms with Gasteiger partial charge in [-0.15, -0.1) is 0 Å². The van der Waals surface area contributed by atoms with E-state index in [1.54, 1.807) is 0 Å². The number of aliphatic carboxylic acids is 1. The predicted octanol–water partition coefficient (Wildman–Crippen LogP) is 1.43. The molecule has 0 aromatic heterocycles. The lowest BCUT2D eigenvalue weighted by Crippen LogP contribution is -2.52. The van der Waals surface area contributed by atoms with E-state index < -0.39 is 18.1 Å². The van der Waals surface area contributed by atoms with Gasteiger partial charge in [0.25, 0.3) is 0 Å². The number of hydrogen-bond acceptors (Lipinski definition) is 3. The highest BCUT2D eigenvalue weighted by Crippen LogP contribution is 2.30. The van der Waals surface area contributed by atoms with Crippen LogP contribution < -0.4 is 5.32 Å². The first-order valence-electron chi connectivity index (χ1n) is 7.88. The smallest absolute Gasteiger partial charge is 0.326 e. The minimum absolute atomic E-state index is 0.0991. The zero-order chi connectivity index (χ0) is 15.6. The molecule has 2 rings (SSSR count). The van der Waals surface area contributed by atoms with Crippen LogP contribution in [0.3, 0.4) is 0 Å². The summed E-state index contributed by atoms with van der Waals surface area (Å²) in [5.74, 6) is -0.112. The number of amides is 2. The topological polar surface area (TPSA) is 89.9 Å². The average Bonchev–Trinajstić information content (AvgIpc) is 2.81. The summed E-state index contributed by atoms with van der Waals surface area (Å²) in [4.78, 5) is 24.8. The first-order valence-corrected chi connectivity index (χ1v) is 7.88. The molecule has 0 bridgehead atoms. The molecule has 6 heteroatoms. The minimum atomic E-state index is -1.05. The number of nitrogens with one attached hydrogen (secondary N) is 1. The van der Waals surface area contributed by atoms with E-state index in [2.05, 4.69) is 19.2 Å². The van der Waals surface area contributed by atoms with Crippen LogP contribution in [0.15, 0.2) is 0 Å². The highest BCUT2D eigenvalue weighted by Gasteiger charge is 2.40. The van der Waals surface area contributed by atoms with Gasteiger partial charge in [0.1, 0.15) is 6.04 Å². The summed E-state index contributed by atoms with van der Waals surface area (Å²) in [5, 5.41) is 21.8. The molecule has 1 heterocycles. The molecule has 2 aliphatic rings. The molecule has 2 fully saturated rings. The zero-order valence-electron chi connectivity index (χ0n) is 12.8. The first-order chi connectivity index (χ1) is 9.90. The number of carbonyl (C=O) groups excluding carboxylic acids is 1. The third kappa shape index (κ3) is 3.67. The SMILES string of the molecule is CC(C)C1CCCCC1NC(=O)N1C[C@H](O)C[C@@H]1C(=O)O. The van der Waals surface area contributed by atoms with E-state index in [4.69, 9.17) is 5.11 Å². The maximum absolute atomic E-state index is 12.4. The average molecular weight is 298 g/mol. The number of nitrogens with zero attached hydrogens (tertiary/aromatic N) is 1. The number of urea groups is 1. The van der Waals surface area contributed by atoms with E-state index in [-0.39, 0.29) is 25.0 Å². The quantitative estimate of drug-likeness (QED) is 0.735. The summed E-state index contributed by atoms with van der Waals surface area (Å²) < 4.78 is 0. The second kappa shape index (κ2) is 6.64. The van der Waals surface area contributed by atoms with Crippen molar-refractivity contribution in [2.75, 3.05) is 6.54 Å². The Kier molecular flexibility index (Phi) is 5.08. The third-order valence-electron chi connectivity index (χ3n) is 4.81. The van der Waals surface area contributed by atoms with Gasteiger partial charge >= 0.3 is 12.0 Å². The lowest BCUT2D eigenvalue weighted by atomic mass is 9.78. The van der Waals surface area contributed by atoms with Gasteiger partial charge in [0.15, 0.2) is 0 Å². The molecule has 1 saturated heterocycles. The number of likely N-dealkylation sites (tertiary alicyclic amines) is 1. The molecule has 1 aliphatic carbocycles. The van der Waals surface area contributed by atoms with Gasteiger partial charge in [-0.25, -0.2) is 9.59 Å². The minimum Gasteiger partial charge on any atom is -0.480 e. The fourth-order valence-corrected chi connectivity index (χ4v) is 3.65. The van der Waals surface area contributed by atoms with E-state index in [9.17, 15) is 14.7 Å². The molecule has 0 radical (unpaired) electrons. The second-order valence-corrected chi connectivity index (χ2v) is 6.64. The van der Waals surface area contributed by atoms with Gasteiger partial charge in [-0.1, -0.05) is 26.7 Å². The summed E-state index contributed by atoms with van der Waals surface area (Å²) in [6, 6.07) is -1.16. The molecule has 21 heavy (non-hydrogen) atoms. The summed E-state index contributed by atoms with van der Waals surface area (Å²) in [5.41, 5.74) is 0. The van der Waals surface area contributed by atoms with Crippen molar-refractivity contribution in [3.05, 3.63) is 0 Å². The number of aliphatic hydroxyl groups is 1. The van der Waals surface area contributed by atoms with E-state index in [1.807, 2.05) is 0 Å². The van der Waals surface area contributed by atoms with Gasteiger partial charge in [0, 0.05) is 19.0 Å². The number of rotatable bonds is 3. The highest BCUT2D eigenvalue weighted by molar-refractivity contribution is 5.83. The maximum Gasteiger partial charge on any atom is 0.326 e. The van der Waals surface area contributed by atoms with Crippen molar-refractivity contribution in [3.8, 4) is 0 Å². The molecule has 120 valence electrons.